The molecule has 1 aromatic rings. The summed E-state index contributed by atoms with van der Waals surface area (Å²) in [7, 11) is 3.39. The highest BCUT2D eigenvalue weighted by Crippen LogP contribution is 2.33. The predicted octanol–water partition coefficient (Wildman–Crippen LogP) is 2.98. The summed E-state index contributed by atoms with van der Waals surface area (Å²) in [5, 5.41) is 0. The van der Waals surface area contributed by atoms with E-state index in [1.54, 1.807) is 14.2 Å². The molecule has 2 unspecified atom stereocenters. The lowest BCUT2D eigenvalue weighted by atomic mass is 9.90. The van der Waals surface area contributed by atoms with Crippen LogP contribution >= 0.6 is 0 Å². The molecule has 0 spiro atoms. The van der Waals surface area contributed by atoms with Crippen molar-refractivity contribution in [3.8, 4) is 5.75 Å². The van der Waals surface area contributed by atoms with Crippen LogP contribution in [-0.4, -0.2) is 20.3 Å². The Balaban J connectivity index is 3.22. The van der Waals surface area contributed by atoms with E-state index in [-0.39, 0.29) is 12.1 Å². The van der Waals surface area contributed by atoms with E-state index in [2.05, 4.69) is 33.8 Å². The van der Waals surface area contributed by atoms with Gasteiger partial charge in [0.1, 0.15) is 5.75 Å². The van der Waals surface area contributed by atoms with Crippen LogP contribution in [0.4, 0.5) is 0 Å². The van der Waals surface area contributed by atoms with Crippen molar-refractivity contribution in [3.05, 3.63) is 28.8 Å². The van der Waals surface area contributed by atoms with Crippen LogP contribution in [0, 0.1) is 19.8 Å². The van der Waals surface area contributed by atoms with Crippen LogP contribution in [0.1, 0.15) is 36.6 Å². The Morgan fingerprint density at radius 3 is 2.17 bits per heavy atom. The van der Waals surface area contributed by atoms with Gasteiger partial charge in [-0.1, -0.05) is 19.9 Å². The zero-order chi connectivity index (χ0) is 13.9. The van der Waals surface area contributed by atoms with Gasteiger partial charge in [0.05, 0.1) is 19.3 Å². The number of aryl methyl sites for hydroxylation is 2. The molecule has 0 aliphatic heterocycles. The predicted molar refractivity (Wildman–Crippen MR) is 75.0 cm³/mol. The Hall–Kier alpha value is -1.06. The normalized spacial score (nSPS) is 14.7. The first kappa shape index (κ1) is 15.0. The fourth-order valence-electron chi connectivity index (χ4n) is 2.53. The van der Waals surface area contributed by atoms with Crippen molar-refractivity contribution in [3.63, 3.8) is 0 Å². The van der Waals surface area contributed by atoms with E-state index in [4.69, 9.17) is 15.2 Å². The van der Waals surface area contributed by atoms with E-state index in [0.29, 0.717) is 5.92 Å². The van der Waals surface area contributed by atoms with E-state index in [1.165, 1.54) is 5.56 Å². The second-order valence-corrected chi connectivity index (χ2v) is 5.17. The Morgan fingerprint density at radius 1 is 1.11 bits per heavy atom. The minimum atomic E-state index is -0.175. The minimum Gasteiger partial charge on any atom is -0.496 e. The summed E-state index contributed by atoms with van der Waals surface area (Å²) in [4.78, 5) is 0. The molecule has 0 aliphatic rings. The second kappa shape index (κ2) is 6.21. The minimum absolute atomic E-state index is 0.0136. The number of hydrogen-bond acceptors (Lipinski definition) is 3. The Bertz CT molecular complexity index is 402. The molecule has 3 heteroatoms. The molecular weight excluding hydrogens is 226 g/mol. The monoisotopic (exact) mass is 251 g/mol. The quantitative estimate of drug-likeness (QED) is 0.875. The van der Waals surface area contributed by atoms with Crippen molar-refractivity contribution < 1.29 is 9.47 Å². The first-order valence-electron chi connectivity index (χ1n) is 6.35. The third kappa shape index (κ3) is 3.03. The van der Waals surface area contributed by atoms with Gasteiger partial charge in [0.25, 0.3) is 0 Å². The third-order valence-corrected chi connectivity index (χ3v) is 3.33. The smallest absolute Gasteiger partial charge is 0.124 e. The van der Waals surface area contributed by atoms with Gasteiger partial charge >= 0.3 is 0 Å². The fourth-order valence-corrected chi connectivity index (χ4v) is 2.53. The topological polar surface area (TPSA) is 44.5 Å². The van der Waals surface area contributed by atoms with Crippen molar-refractivity contribution >= 4 is 0 Å². The fraction of sp³-hybridized carbons (Fsp3) is 0.600. The first-order chi connectivity index (χ1) is 8.42. The first-order valence-corrected chi connectivity index (χ1v) is 6.35. The number of hydrogen-bond donors (Lipinski definition) is 1. The summed E-state index contributed by atoms with van der Waals surface area (Å²) in [6.45, 7) is 8.35. The zero-order valence-corrected chi connectivity index (χ0v) is 12.3. The van der Waals surface area contributed by atoms with Gasteiger partial charge in [-0.2, -0.15) is 0 Å². The number of nitrogens with two attached hydrogens (primary N) is 1. The standard InChI is InChI=1S/C15H25NO2/c1-9(2)15(18-6)14(16)13-11(4)7-10(3)8-12(13)17-5/h7-9,14-15H,16H2,1-6H3. The van der Waals surface area contributed by atoms with Crippen LogP contribution < -0.4 is 10.5 Å². The molecule has 0 radical (unpaired) electrons. The van der Waals surface area contributed by atoms with Crippen LogP contribution in [-0.2, 0) is 4.74 Å². The Morgan fingerprint density at radius 2 is 1.72 bits per heavy atom. The molecule has 0 bridgehead atoms. The number of rotatable bonds is 5. The highest BCUT2D eigenvalue weighted by atomic mass is 16.5. The molecule has 2 N–H and O–H groups in total. The van der Waals surface area contributed by atoms with E-state index in [9.17, 15) is 0 Å². The van der Waals surface area contributed by atoms with E-state index < -0.39 is 0 Å². The summed E-state index contributed by atoms with van der Waals surface area (Å²) in [6, 6.07) is 3.98. The summed E-state index contributed by atoms with van der Waals surface area (Å²) < 4.78 is 11.0. The molecule has 18 heavy (non-hydrogen) atoms. The van der Waals surface area contributed by atoms with Crippen molar-refractivity contribution in [1.29, 1.82) is 0 Å². The van der Waals surface area contributed by atoms with Gasteiger partial charge in [-0.3, -0.25) is 0 Å². The van der Waals surface area contributed by atoms with Crippen LogP contribution in [0.15, 0.2) is 12.1 Å². The van der Waals surface area contributed by atoms with E-state index >= 15 is 0 Å². The molecule has 0 aromatic heterocycles. The van der Waals surface area contributed by atoms with Crippen molar-refractivity contribution in [1.82, 2.24) is 0 Å². The van der Waals surface area contributed by atoms with E-state index in [1.807, 2.05) is 6.07 Å². The number of ether oxygens (including phenoxy) is 2. The highest BCUT2D eigenvalue weighted by molar-refractivity contribution is 5.45. The molecule has 0 saturated heterocycles. The maximum Gasteiger partial charge on any atom is 0.124 e. The second-order valence-electron chi connectivity index (χ2n) is 5.17. The van der Waals surface area contributed by atoms with E-state index in [0.717, 1.165) is 16.9 Å². The summed E-state index contributed by atoms with van der Waals surface area (Å²) in [5.74, 6) is 1.21. The number of benzene rings is 1. The molecule has 3 nitrogen and oxygen atoms in total. The lowest BCUT2D eigenvalue weighted by Crippen LogP contribution is -2.33. The van der Waals surface area contributed by atoms with Gasteiger partial charge in [0.2, 0.25) is 0 Å². The van der Waals surface area contributed by atoms with Gasteiger partial charge in [0.15, 0.2) is 0 Å². The number of methoxy groups -OCH3 is 2. The lowest BCUT2D eigenvalue weighted by Gasteiger charge is -2.28. The van der Waals surface area contributed by atoms with Gasteiger partial charge in [-0.25, -0.2) is 0 Å². The van der Waals surface area contributed by atoms with Crippen molar-refractivity contribution in [2.45, 2.75) is 39.8 Å². The molecule has 1 aromatic carbocycles. The molecule has 0 amide bonds. The van der Waals surface area contributed by atoms with Crippen LogP contribution in [0.2, 0.25) is 0 Å². The average Bonchev–Trinajstić information content (AvgIpc) is 2.27. The summed E-state index contributed by atoms with van der Waals surface area (Å²) in [6.07, 6.45) is -0.0136. The van der Waals surface area contributed by atoms with Gasteiger partial charge < -0.3 is 15.2 Å². The largest absolute Gasteiger partial charge is 0.496 e. The molecule has 0 saturated carbocycles. The van der Waals surface area contributed by atoms with Crippen LogP contribution in [0.5, 0.6) is 5.75 Å². The highest BCUT2D eigenvalue weighted by Gasteiger charge is 2.26. The average molecular weight is 251 g/mol. The Labute approximate surface area is 110 Å². The molecule has 0 fully saturated rings. The Kier molecular flexibility index (Phi) is 5.17. The summed E-state index contributed by atoms with van der Waals surface area (Å²) in [5.41, 5.74) is 9.75. The van der Waals surface area contributed by atoms with Crippen LogP contribution in [0.3, 0.4) is 0 Å². The molecule has 102 valence electrons. The maximum atomic E-state index is 6.37. The molecule has 1 rings (SSSR count). The lowest BCUT2D eigenvalue weighted by molar-refractivity contribution is 0.0429. The zero-order valence-electron chi connectivity index (χ0n) is 12.3. The molecule has 2 atom stereocenters. The van der Waals surface area contributed by atoms with Crippen LogP contribution in [0.25, 0.3) is 0 Å². The molecule has 0 aliphatic carbocycles. The van der Waals surface area contributed by atoms with Gasteiger partial charge in [0, 0.05) is 12.7 Å². The summed E-state index contributed by atoms with van der Waals surface area (Å²) >= 11 is 0. The third-order valence-electron chi connectivity index (χ3n) is 3.33. The van der Waals surface area contributed by atoms with Crippen molar-refractivity contribution in [2.24, 2.45) is 11.7 Å². The SMILES string of the molecule is COc1cc(C)cc(C)c1C(N)C(OC)C(C)C. The van der Waals surface area contributed by atoms with Gasteiger partial charge in [-0.15, -0.1) is 0 Å². The maximum absolute atomic E-state index is 6.37. The molecule has 0 heterocycles. The molecular formula is C15H25NO2. The van der Waals surface area contributed by atoms with Gasteiger partial charge in [-0.05, 0) is 37.0 Å². The van der Waals surface area contributed by atoms with Crippen molar-refractivity contribution in [2.75, 3.05) is 14.2 Å².